The van der Waals surface area contributed by atoms with E-state index in [1.807, 2.05) is 170 Å². The second-order valence-electron chi connectivity index (χ2n) is 35.7. The maximum absolute atomic E-state index is 13.8. The number of hydrogen-bond donors (Lipinski definition) is 6. The van der Waals surface area contributed by atoms with Gasteiger partial charge >= 0.3 is 0 Å². The van der Waals surface area contributed by atoms with Gasteiger partial charge in [0.15, 0.2) is 56.2 Å². The van der Waals surface area contributed by atoms with Gasteiger partial charge in [0.05, 0.1) is 120 Å². The van der Waals surface area contributed by atoms with Crippen molar-refractivity contribution in [2.24, 2.45) is 42.3 Å². The Morgan fingerprint density at radius 2 is 0.778 bits per heavy atom. The normalized spacial score (nSPS) is 13.5. The molecule has 0 spiro atoms. The quantitative estimate of drug-likeness (QED) is 0.0464. The van der Waals surface area contributed by atoms with Crippen LogP contribution in [0.2, 0.25) is 0 Å². The summed E-state index contributed by atoms with van der Waals surface area (Å²) in [5, 5.41) is 111. The first-order valence-corrected chi connectivity index (χ1v) is 55.1. The summed E-state index contributed by atoms with van der Waals surface area (Å²) in [4.78, 5) is 10.9. The number of aryl methyl sites for hydroxylation is 20. The average Bonchev–Trinajstić information content (AvgIpc) is 1.61. The molecule has 25 rings (SSSR count). The minimum absolute atomic E-state index is 0.304. The zero-order chi connectivity index (χ0) is 101. The second kappa shape index (κ2) is 39.9. The molecule has 22 aromatic rings. The zero-order valence-corrected chi connectivity index (χ0v) is 90.3. The number of rotatable bonds is 18. The molecule has 0 bridgehead atoms. The Morgan fingerprint density at radius 3 is 1.13 bits per heavy atom. The number of nitrogens with one attached hydrogen (secondary N) is 6. The first kappa shape index (κ1) is 97.9. The van der Waals surface area contributed by atoms with Crippen LogP contribution in [0.1, 0.15) is 114 Å². The fourth-order valence-electron chi connectivity index (χ4n) is 17.6. The van der Waals surface area contributed by atoms with Crippen molar-refractivity contribution in [2.45, 2.75) is 147 Å². The molecular weight excluding hydrogens is 2000 g/mol. The predicted molar refractivity (Wildman–Crippen MR) is 581 cm³/mol. The average molecular weight is 2100 g/mol. The third-order valence-corrected chi connectivity index (χ3v) is 35.7. The number of nitrogens with zero attached hydrogens (tertiary/aromatic N) is 26. The van der Waals surface area contributed by atoms with E-state index in [1.54, 1.807) is 78.8 Å². The monoisotopic (exact) mass is 2100 g/mol. The second-order valence-corrected chi connectivity index (χ2v) is 45.8. The van der Waals surface area contributed by atoms with E-state index >= 15 is 0 Å². The molecule has 22 heterocycles. The molecule has 0 amide bonds. The van der Waals surface area contributed by atoms with Gasteiger partial charge in [-0.1, -0.05) is 35.5 Å². The molecule has 1 atom stereocenters. The van der Waals surface area contributed by atoms with E-state index in [9.17, 15) is 12.8 Å². The molecule has 2 aromatic carbocycles. The van der Waals surface area contributed by atoms with Crippen molar-refractivity contribution in [1.29, 1.82) is 0 Å². The molecule has 1 aliphatic carbocycles. The molecule has 6 N–H and O–H groups in total. The van der Waals surface area contributed by atoms with Crippen LogP contribution < -0.4 is 41.4 Å². The minimum atomic E-state index is -3.63. The van der Waals surface area contributed by atoms with Crippen molar-refractivity contribution < 1.29 is 26.8 Å². The summed E-state index contributed by atoms with van der Waals surface area (Å²) in [6.45, 7) is 32.6. The van der Waals surface area contributed by atoms with Gasteiger partial charge in [0.2, 0.25) is 0 Å². The van der Waals surface area contributed by atoms with Crippen LogP contribution in [0.3, 0.4) is 0 Å². The molecular formula is C97H103FN32O5S9. The Morgan fingerprint density at radius 1 is 0.417 bits per heavy atom. The number of thioether (sulfide) groups is 1. The summed E-state index contributed by atoms with van der Waals surface area (Å²) in [5.74, 6) is 9.26. The van der Waals surface area contributed by atoms with E-state index in [0.29, 0.717) is 50.3 Å². The molecule has 1 saturated heterocycles. The van der Waals surface area contributed by atoms with E-state index in [0.717, 1.165) is 242 Å². The van der Waals surface area contributed by atoms with Crippen LogP contribution in [0.25, 0.3) is 123 Å². The third-order valence-electron chi connectivity index (χ3n) is 26.0. The Bertz CT molecular complexity index is 8990. The predicted octanol–water partition coefficient (Wildman–Crippen LogP) is 20.2. The molecule has 0 saturated carbocycles. The number of sulfone groups is 1. The van der Waals surface area contributed by atoms with Gasteiger partial charge in [-0.15, -0.1) is 110 Å². The lowest BCUT2D eigenvalue weighted by molar-refractivity contribution is 0.171. The highest BCUT2D eigenvalue weighted by Crippen LogP contribution is 2.47. The van der Waals surface area contributed by atoms with E-state index in [-0.39, 0.29) is 4.90 Å². The highest BCUT2D eigenvalue weighted by molar-refractivity contribution is 7.99. The van der Waals surface area contributed by atoms with E-state index in [2.05, 4.69) is 182 Å². The van der Waals surface area contributed by atoms with Crippen molar-refractivity contribution in [2.75, 3.05) is 69.4 Å². The van der Waals surface area contributed by atoms with Crippen molar-refractivity contribution in [1.82, 2.24) is 130 Å². The number of fused-ring (bicyclic) bond motifs is 19. The number of ether oxygens (including phenoxy) is 2. The number of benzene rings is 2. The van der Waals surface area contributed by atoms with Crippen LogP contribution in [0.5, 0.6) is 11.5 Å². The number of anilines is 6. The highest BCUT2D eigenvalue weighted by atomic mass is 32.2. The highest BCUT2D eigenvalue weighted by Gasteiger charge is 2.29. The van der Waals surface area contributed by atoms with Gasteiger partial charge in [-0.2, -0.15) is 72.9 Å². The maximum atomic E-state index is 13.8. The number of aromatic nitrogens is 26. The fourth-order valence-corrected chi connectivity index (χ4v) is 27.3. The largest absolute Gasteiger partial charge is 0.486 e. The van der Waals surface area contributed by atoms with Crippen LogP contribution in [0, 0.1) is 103 Å². The van der Waals surface area contributed by atoms with Crippen LogP contribution in [-0.4, -0.2) is 182 Å². The number of thiophene rings is 6. The molecule has 2 aliphatic heterocycles. The topological polar surface area (TPSA) is 425 Å². The molecule has 3 aliphatic rings. The third kappa shape index (κ3) is 18.8. The summed E-state index contributed by atoms with van der Waals surface area (Å²) < 4.78 is 71.7. The van der Waals surface area contributed by atoms with Crippen LogP contribution in [0.4, 0.5) is 39.3 Å². The summed E-state index contributed by atoms with van der Waals surface area (Å²) in [7, 11) is 8.14. The fraction of sp³-hybridized carbons (Fsp3) is 0.340. The first-order chi connectivity index (χ1) is 69.2. The number of hydrogen-bond acceptors (Lipinski definition) is 39. The molecule has 144 heavy (non-hydrogen) atoms. The van der Waals surface area contributed by atoms with E-state index in [4.69, 9.17) is 19.1 Å². The summed E-state index contributed by atoms with van der Waals surface area (Å²) in [6, 6.07) is 12.5. The smallest absolute Gasteiger partial charge is 0.178 e. The number of thiazole rings is 1. The zero-order valence-electron chi connectivity index (χ0n) is 82.9. The molecule has 0 radical (unpaired) electrons. The van der Waals surface area contributed by atoms with Gasteiger partial charge in [0.25, 0.3) is 0 Å². The Labute approximate surface area is 856 Å². The van der Waals surface area contributed by atoms with Crippen LogP contribution >= 0.6 is 91.1 Å². The van der Waals surface area contributed by atoms with Crippen LogP contribution in [0.15, 0.2) is 81.2 Å². The molecule has 1 unspecified atom stereocenters. The van der Waals surface area contributed by atoms with Gasteiger partial charge in [0.1, 0.15) is 64.4 Å². The summed E-state index contributed by atoms with van der Waals surface area (Å²) in [6.07, 6.45) is 9.81. The van der Waals surface area contributed by atoms with Gasteiger partial charge < -0.3 is 45.9 Å². The first-order valence-electron chi connectivity index (χ1n) is 46.3. The minimum Gasteiger partial charge on any atom is -0.486 e. The lowest BCUT2D eigenvalue weighted by Crippen LogP contribution is -2.18. The van der Waals surface area contributed by atoms with Gasteiger partial charge in [0, 0.05) is 123 Å². The lowest BCUT2D eigenvalue weighted by atomic mass is 10.1. The van der Waals surface area contributed by atoms with Gasteiger partial charge in [-0.3, -0.25) is 28.1 Å². The summed E-state index contributed by atoms with van der Waals surface area (Å²) in [5.41, 5.74) is 26.2. The Kier molecular flexibility index (Phi) is 27.1. The Balaban J connectivity index is 0.000000106. The van der Waals surface area contributed by atoms with Crippen molar-refractivity contribution in [3.05, 3.63) is 178 Å². The molecule has 20 aromatic heterocycles. The molecule has 47 heteroatoms. The van der Waals surface area contributed by atoms with Crippen molar-refractivity contribution in [3.8, 4) is 11.5 Å². The number of halogens is 1. The van der Waals surface area contributed by atoms with Crippen LogP contribution in [-0.2, 0) is 78.3 Å². The summed E-state index contributed by atoms with van der Waals surface area (Å²) >= 11 is 13.4. The van der Waals surface area contributed by atoms with Gasteiger partial charge in [-0.25, -0.2) is 17.8 Å². The van der Waals surface area contributed by atoms with E-state index in [1.165, 1.54) is 89.5 Å². The Hall–Kier alpha value is -13.6. The van der Waals surface area contributed by atoms with Crippen molar-refractivity contribution >= 4 is 258 Å². The maximum Gasteiger partial charge on any atom is 0.178 e. The number of allylic oxidation sites excluding steroid dienone is 2. The van der Waals surface area contributed by atoms with Gasteiger partial charge in [-0.05, 0) is 190 Å². The molecule has 1 fully saturated rings. The SMILES string of the molecule is Cc1cc(CNc2nn(C)c3c2sc2nnc(C)c(C)c23)no1.Cc1ncsc1CNc1nn(C)c2c1sc1nnc(C)c(C)c12.Cc1nnc2sc3c(NC4CCSC4)nn(C)c3c2c1C.Cc1nnc2sc3c(NCC4=CCC=C4)nn(C)c3c2c1C.Cc1nnc2sc3c(NCc4ccc(F)c(S(C)(=O)=O)c4)nn(C)c3c2c1C.Cc1nnc2sc3c(NCc4ccc5c(c4)OCCO5)nn(C)c3c2c1C. The molecule has 37 nitrogen and oxygen atoms in total. The standard InChI is InChI=1S/C19H19N5O2S.C18H18FN5O2S2.C16H17N5S.C15H16N6OS.C15H16N6S2.C14H17N5S2/c1-10-11(2)21-22-19-15(10)16-17(27-19)18(23-24(16)3)20-9-12-4-5-13-14(8-12)26-7-6-25-13;1-9-10(2)21-22-18-14(9)15-16(27-18)17(23-24(15)3)20-8-11-5-6-12(19)13(7-11)28(4,25)26;1-9-10(2)18-19-16-12(9)13-14(22-16)15(20-21(13)3)17-8-11-6-4-5-7-11;1-7-5-10(20-22-7)6-16-14-13-12(21(4)19-14)11-8(2)9(3)17-18-15(11)23-13;1-7-8(2)18-19-15-11(7)12-13(23-15)14(20-21(12)4)16-5-10-9(3)17-6-22-10;1-7-8(2)16-17-14-10(7)11-12(21-14)13(18-19(11)3)15-9-4-5-20-6-9/h4-5,8H,6-7,9H2,1-3H3,(H,20,23);5-7H,8H2,1-4H3,(H,20,23);4,6-7H,5,8H2,1-3H3,(H,17,20);5H,6H2,1-4H3,(H,16,19);6H,5H2,1-4H3,(H,16,20);9H,4-6H2,1-3H3,(H,15,18). The molecule has 742 valence electrons. The van der Waals surface area contributed by atoms with Crippen molar-refractivity contribution in [3.63, 3.8) is 0 Å². The lowest BCUT2D eigenvalue weighted by Gasteiger charge is -2.18. The van der Waals surface area contributed by atoms with E-state index < -0.39 is 15.7 Å².